The van der Waals surface area contributed by atoms with Gasteiger partial charge in [-0.25, -0.2) is 4.39 Å². The van der Waals surface area contributed by atoms with Gasteiger partial charge in [0.05, 0.1) is 18.4 Å². The van der Waals surface area contributed by atoms with Gasteiger partial charge in [-0.2, -0.15) is 0 Å². The molecule has 0 saturated heterocycles. The van der Waals surface area contributed by atoms with Crippen LogP contribution in [0.25, 0.3) is 0 Å². The maximum atomic E-state index is 13.4. The molecule has 104 valence electrons. The number of methoxy groups -OCH3 is 1. The molecule has 1 aromatic carbocycles. The Hall–Kier alpha value is -2.27. The summed E-state index contributed by atoms with van der Waals surface area (Å²) >= 11 is 0. The third kappa shape index (κ3) is 3.61. The first-order valence-corrected chi connectivity index (χ1v) is 6.15. The molecule has 0 atom stereocenters. The number of nitrogens with one attached hydrogen (secondary N) is 1. The van der Waals surface area contributed by atoms with Crippen LogP contribution in [0.2, 0.25) is 0 Å². The summed E-state index contributed by atoms with van der Waals surface area (Å²) in [6, 6.07) is 9.02. The lowest BCUT2D eigenvalue weighted by atomic mass is 10.1. The smallest absolute Gasteiger partial charge is 0.254 e. The predicted molar refractivity (Wildman–Crippen MR) is 72.5 cm³/mol. The van der Waals surface area contributed by atoms with Gasteiger partial charge in [-0.1, -0.05) is 24.3 Å². The van der Waals surface area contributed by atoms with Gasteiger partial charge in [0.25, 0.3) is 5.91 Å². The fraction of sp³-hybridized carbons (Fsp3) is 0.200. The van der Waals surface area contributed by atoms with E-state index in [1.54, 1.807) is 7.11 Å². The molecule has 0 aliphatic heterocycles. The van der Waals surface area contributed by atoms with Crippen LogP contribution in [0.1, 0.15) is 21.5 Å². The minimum Gasteiger partial charge on any atom is -0.380 e. The summed E-state index contributed by atoms with van der Waals surface area (Å²) in [7, 11) is 1.63. The molecule has 0 aliphatic carbocycles. The van der Waals surface area contributed by atoms with Gasteiger partial charge in [0, 0.05) is 19.9 Å². The monoisotopic (exact) mass is 274 g/mol. The van der Waals surface area contributed by atoms with Crippen LogP contribution in [0, 0.1) is 5.82 Å². The van der Waals surface area contributed by atoms with Crippen molar-refractivity contribution in [3.63, 3.8) is 0 Å². The quantitative estimate of drug-likeness (QED) is 0.910. The molecule has 2 aromatic rings. The van der Waals surface area contributed by atoms with Crippen LogP contribution >= 0.6 is 0 Å². The van der Waals surface area contributed by atoms with Crippen molar-refractivity contribution in [2.75, 3.05) is 7.11 Å². The van der Waals surface area contributed by atoms with Gasteiger partial charge in [0.2, 0.25) is 0 Å². The highest BCUT2D eigenvalue weighted by Gasteiger charge is 2.10. The van der Waals surface area contributed by atoms with Gasteiger partial charge in [0.1, 0.15) is 0 Å². The van der Waals surface area contributed by atoms with Crippen molar-refractivity contribution >= 4 is 5.91 Å². The molecular weight excluding hydrogens is 259 g/mol. The van der Waals surface area contributed by atoms with Crippen LogP contribution in [-0.4, -0.2) is 18.0 Å². The van der Waals surface area contributed by atoms with Crippen molar-refractivity contribution < 1.29 is 13.9 Å². The second-order valence-corrected chi connectivity index (χ2v) is 4.29. The lowest BCUT2D eigenvalue weighted by molar-refractivity contribution is 0.0946. The molecule has 1 amide bonds. The summed E-state index contributed by atoms with van der Waals surface area (Å²) in [4.78, 5) is 15.5. The Morgan fingerprint density at radius 3 is 2.90 bits per heavy atom. The number of rotatable bonds is 5. The highest BCUT2D eigenvalue weighted by atomic mass is 19.1. The Bertz CT molecular complexity index is 602. The summed E-state index contributed by atoms with van der Waals surface area (Å²) in [5.41, 5.74) is 1.95. The number of hydrogen-bond acceptors (Lipinski definition) is 3. The Morgan fingerprint density at radius 1 is 1.35 bits per heavy atom. The van der Waals surface area contributed by atoms with Gasteiger partial charge in [-0.3, -0.25) is 9.78 Å². The number of pyridine rings is 1. The summed E-state index contributed by atoms with van der Waals surface area (Å²) < 4.78 is 18.4. The first-order chi connectivity index (χ1) is 9.70. The summed E-state index contributed by atoms with van der Waals surface area (Å²) in [5.74, 6) is -1.08. The molecule has 0 radical (unpaired) electrons. The van der Waals surface area contributed by atoms with Crippen LogP contribution in [0.4, 0.5) is 4.39 Å². The Kier molecular flexibility index (Phi) is 4.79. The topological polar surface area (TPSA) is 51.2 Å². The lowest BCUT2D eigenvalue weighted by Gasteiger charge is -2.07. The second-order valence-electron chi connectivity index (χ2n) is 4.29. The van der Waals surface area contributed by atoms with E-state index in [9.17, 15) is 9.18 Å². The van der Waals surface area contributed by atoms with E-state index in [0.29, 0.717) is 13.2 Å². The van der Waals surface area contributed by atoms with Gasteiger partial charge in [-0.15, -0.1) is 0 Å². The molecule has 1 aromatic heterocycles. The van der Waals surface area contributed by atoms with Gasteiger partial charge in [0.15, 0.2) is 5.82 Å². The van der Waals surface area contributed by atoms with E-state index < -0.39 is 11.7 Å². The zero-order valence-corrected chi connectivity index (χ0v) is 11.1. The molecule has 5 heteroatoms. The van der Waals surface area contributed by atoms with E-state index in [1.165, 1.54) is 12.3 Å². The van der Waals surface area contributed by atoms with Crippen LogP contribution in [0.15, 0.2) is 42.7 Å². The standard InChI is InChI=1S/C15H15FN2O2/c1-20-10-12-4-2-3-11(7-12)8-18-15(19)13-5-6-17-9-14(13)16/h2-7,9H,8,10H2,1H3,(H,18,19). The molecule has 1 N–H and O–H groups in total. The van der Waals surface area contributed by atoms with Gasteiger partial charge < -0.3 is 10.1 Å². The maximum absolute atomic E-state index is 13.4. The highest BCUT2D eigenvalue weighted by molar-refractivity contribution is 5.94. The molecule has 20 heavy (non-hydrogen) atoms. The fourth-order valence-corrected chi connectivity index (χ4v) is 1.83. The molecule has 0 aliphatic rings. The number of aromatic nitrogens is 1. The number of carbonyl (C=O) groups excluding carboxylic acids is 1. The zero-order chi connectivity index (χ0) is 14.4. The van der Waals surface area contributed by atoms with Crippen molar-refractivity contribution in [2.45, 2.75) is 13.2 Å². The van der Waals surface area contributed by atoms with E-state index in [4.69, 9.17) is 4.74 Å². The van der Waals surface area contributed by atoms with E-state index in [-0.39, 0.29) is 5.56 Å². The van der Waals surface area contributed by atoms with Crippen molar-refractivity contribution in [3.8, 4) is 0 Å². The highest BCUT2D eigenvalue weighted by Crippen LogP contribution is 2.08. The first kappa shape index (κ1) is 14.1. The minimum absolute atomic E-state index is 0.00644. The first-order valence-electron chi connectivity index (χ1n) is 6.15. The average Bonchev–Trinajstić information content (AvgIpc) is 2.46. The number of ether oxygens (including phenoxy) is 1. The van der Waals surface area contributed by atoms with E-state index in [2.05, 4.69) is 10.3 Å². The van der Waals surface area contributed by atoms with Crippen molar-refractivity contribution in [2.24, 2.45) is 0 Å². The molecule has 1 heterocycles. The van der Waals surface area contributed by atoms with E-state index >= 15 is 0 Å². The van der Waals surface area contributed by atoms with Gasteiger partial charge >= 0.3 is 0 Å². The summed E-state index contributed by atoms with van der Waals surface area (Å²) in [6.07, 6.45) is 2.41. The molecular formula is C15H15FN2O2. The molecule has 0 spiro atoms. The SMILES string of the molecule is COCc1cccc(CNC(=O)c2ccncc2F)c1. The Labute approximate surface area is 116 Å². The largest absolute Gasteiger partial charge is 0.380 e. The number of carbonyl (C=O) groups is 1. The Balaban J connectivity index is 2.00. The average molecular weight is 274 g/mol. The summed E-state index contributed by atoms with van der Waals surface area (Å²) in [6.45, 7) is 0.846. The number of nitrogens with zero attached hydrogens (tertiary/aromatic N) is 1. The van der Waals surface area contributed by atoms with E-state index in [1.807, 2.05) is 24.3 Å². The predicted octanol–water partition coefficient (Wildman–Crippen LogP) is 2.30. The number of amides is 1. The summed E-state index contributed by atoms with van der Waals surface area (Å²) in [5, 5.41) is 2.68. The number of halogens is 1. The fourth-order valence-electron chi connectivity index (χ4n) is 1.83. The lowest BCUT2D eigenvalue weighted by Crippen LogP contribution is -2.23. The molecule has 0 bridgehead atoms. The molecule has 0 unspecified atom stereocenters. The van der Waals surface area contributed by atoms with Crippen molar-refractivity contribution in [3.05, 3.63) is 65.2 Å². The normalized spacial score (nSPS) is 10.3. The van der Waals surface area contributed by atoms with Crippen LogP contribution in [0.5, 0.6) is 0 Å². The number of benzene rings is 1. The molecule has 0 saturated carbocycles. The molecule has 0 fully saturated rings. The Morgan fingerprint density at radius 2 is 2.15 bits per heavy atom. The van der Waals surface area contributed by atoms with Crippen LogP contribution in [-0.2, 0) is 17.9 Å². The minimum atomic E-state index is -0.627. The second kappa shape index (κ2) is 6.77. The molecule has 2 rings (SSSR count). The third-order valence-electron chi connectivity index (χ3n) is 2.77. The number of hydrogen-bond donors (Lipinski definition) is 1. The van der Waals surface area contributed by atoms with Crippen LogP contribution in [0.3, 0.4) is 0 Å². The molecule has 4 nitrogen and oxygen atoms in total. The van der Waals surface area contributed by atoms with E-state index in [0.717, 1.165) is 17.3 Å². The van der Waals surface area contributed by atoms with Gasteiger partial charge in [-0.05, 0) is 17.2 Å². The van der Waals surface area contributed by atoms with Crippen molar-refractivity contribution in [1.82, 2.24) is 10.3 Å². The third-order valence-corrected chi connectivity index (χ3v) is 2.77. The maximum Gasteiger partial charge on any atom is 0.254 e. The van der Waals surface area contributed by atoms with Crippen molar-refractivity contribution in [1.29, 1.82) is 0 Å². The van der Waals surface area contributed by atoms with Crippen LogP contribution < -0.4 is 5.32 Å². The zero-order valence-electron chi connectivity index (χ0n) is 11.1.